The first-order valence-corrected chi connectivity index (χ1v) is 20.6. The van der Waals surface area contributed by atoms with Gasteiger partial charge < -0.3 is 9.13 Å². The van der Waals surface area contributed by atoms with Crippen LogP contribution in [0.4, 0.5) is 0 Å². The first-order chi connectivity index (χ1) is 28.3. The van der Waals surface area contributed by atoms with Gasteiger partial charge in [-0.15, -0.1) is 11.3 Å². The molecule has 0 radical (unpaired) electrons. The van der Waals surface area contributed by atoms with Gasteiger partial charge in [-0.3, -0.25) is 0 Å². The molecule has 3 heteroatoms. The molecule has 0 fully saturated rings. The van der Waals surface area contributed by atoms with Crippen molar-refractivity contribution in [3.63, 3.8) is 0 Å². The van der Waals surface area contributed by atoms with E-state index in [0.717, 1.165) is 12.8 Å². The lowest BCUT2D eigenvalue weighted by Gasteiger charge is -2.18. The van der Waals surface area contributed by atoms with Crippen LogP contribution in [0.3, 0.4) is 0 Å². The zero-order chi connectivity index (χ0) is 37.5. The molecular formula is C54H36N2S. The van der Waals surface area contributed by atoms with Crippen molar-refractivity contribution in [2.75, 3.05) is 0 Å². The second kappa shape index (κ2) is 12.8. The predicted molar refractivity (Wildman–Crippen MR) is 245 cm³/mol. The van der Waals surface area contributed by atoms with Crippen LogP contribution in [0.2, 0.25) is 0 Å². The zero-order valence-corrected chi connectivity index (χ0v) is 32.0. The van der Waals surface area contributed by atoms with Crippen LogP contribution in [-0.2, 0) is 0 Å². The minimum Gasteiger partial charge on any atom is -0.312 e. The van der Waals surface area contributed by atoms with Gasteiger partial charge in [-0.2, -0.15) is 0 Å². The molecule has 0 N–H and O–H groups in total. The van der Waals surface area contributed by atoms with E-state index in [9.17, 15) is 0 Å². The number of thiophene rings is 1. The number of benzene rings is 8. The average molecular weight is 745 g/mol. The van der Waals surface area contributed by atoms with Gasteiger partial charge in [0.25, 0.3) is 0 Å². The quantitative estimate of drug-likeness (QED) is 0.166. The Balaban J connectivity index is 1.12. The number of rotatable bonds is 5. The molecule has 0 amide bonds. The molecule has 11 aromatic rings. The molecular weight excluding hydrogens is 709 g/mol. The monoisotopic (exact) mass is 744 g/mol. The Morgan fingerprint density at radius 3 is 1.89 bits per heavy atom. The summed E-state index contributed by atoms with van der Waals surface area (Å²) in [5.74, 6) is 0. The maximum Gasteiger partial charge on any atom is 0.0631 e. The molecule has 8 aromatic carbocycles. The van der Waals surface area contributed by atoms with Crippen molar-refractivity contribution in [3.05, 3.63) is 200 Å². The Morgan fingerprint density at radius 2 is 1.09 bits per heavy atom. The third-order valence-corrected chi connectivity index (χ3v) is 13.2. The fourth-order valence-electron chi connectivity index (χ4n) is 9.42. The van der Waals surface area contributed by atoms with Crippen molar-refractivity contribution in [2.24, 2.45) is 0 Å². The van der Waals surface area contributed by atoms with Gasteiger partial charge in [0.05, 0.1) is 22.1 Å². The largest absolute Gasteiger partial charge is 0.312 e. The van der Waals surface area contributed by atoms with E-state index in [4.69, 9.17) is 0 Å². The molecule has 0 saturated heterocycles. The highest BCUT2D eigenvalue weighted by molar-refractivity contribution is 7.26. The van der Waals surface area contributed by atoms with E-state index < -0.39 is 0 Å². The second-order valence-corrected chi connectivity index (χ2v) is 16.2. The summed E-state index contributed by atoms with van der Waals surface area (Å²) in [6.07, 6.45) is 6.83. The number of hydrogen-bond donors (Lipinski definition) is 0. The predicted octanol–water partition coefficient (Wildman–Crippen LogP) is 15.3. The fourth-order valence-corrected chi connectivity index (χ4v) is 10.7. The lowest BCUT2D eigenvalue weighted by Crippen LogP contribution is -2.01. The summed E-state index contributed by atoms with van der Waals surface area (Å²) in [4.78, 5) is 0. The third-order valence-electron chi connectivity index (χ3n) is 12.0. The van der Waals surface area contributed by atoms with Gasteiger partial charge in [0.2, 0.25) is 0 Å². The summed E-state index contributed by atoms with van der Waals surface area (Å²) < 4.78 is 7.67. The van der Waals surface area contributed by atoms with Crippen LogP contribution in [0.5, 0.6) is 0 Å². The minimum atomic E-state index is 0.990. The molecule has 2 nitrogen and oxygen atoms in total. The molecule has 3 heterocycles. The summed E-state index contributed by atoms with van der Waals surface area (Å²) in [6.45, 7) is 0. The molecule has 0 bridgehead atoms. The molecule has 12 rings (SSSR count). The number of fused-ring (bicyclic) bond motifs is 10. The standard InChI is InChI=1S/C54H36N2S/c1-3-15-35(16-4-1)37-19-13-21-40(31-37)55-48-26-10-7-23-42(48)46-33-39(29-30-50(46)55)45-34-47-43-24-8-11-27-49(43)56(41-22-14-20-38(32-41)36-17-5-2-6-18-36)53(47)52-44-25-9-12-28-51(44)57-54(45)52/h1-13,15-21,23-34H,14,22H2. The van der Waals surface area contributed by atoms with E-state index in [0.29, 0.717) is 0 Å². The van der Waals surface area contributed by atoms with Crippen molar-refractivity contribution >= 4 is 86.4 Å². The van der Waals surface area contributed by atoms with Gasteiger partial charge in [-0.25, -0.2) is 0 Å². The Bertz CT molecular complexity index is 3450. The summed E-state index contributed by atoms with van der Waals surface area (Å²) >= 11 is 1.92. The molecule has 3 aromatic heterocycles. The number of aromatic nitrogens is 2. The second-order valence-electron chi connectivity index (χ2n) is 15.2. The van der Waals surface area contributed by atoms with E-state index >= 15 is 0 Å². The summed E-state index contributed by atoms with van der Waals surface area (Å²) in [5.41, 5.74) is 15.0. The number of allylic oxidation sites excluding steroid dienone is 4. The Hall–Kier alpha value is -6.94. The van der Waals surface area contributed by atoms with E-state index in [1.54, 1.807) is 0 Å². The first kappa shape index (κ1) is 32.3. The lowest BCUT2D eigenvalue weighted by atomic mass is 9.96. The van der Waals surface area contributed by atoms with E-state index in [2.05, 4.69) is 203 Å². The van der Waals surface area contributed by atoms with E-state index in [-0.39, 0.29) is 0 Å². The van der Waals surface area contributed by atoms with Crippen molar-refractivity contribution < 1.29 is 0 Å². The normalized spacial score (nSPS) is 13.3. The number of hydrogen-bond acceptors (Lipinski definition) is 1. The summed E-state index contributed by atoms with van der Waals surface area (Å²) in [5, 5.41) is 7.77. The Labute approximate surface area is 334 Å². The van der Waals surface area contributed by atoms with E-state index in [1.807, 2.05) is 11.3 Å². The Kier molecular flexibility index (Phi) is 7.26. The van der Waals surface area contributed by atoms with Gasteiger partial charge in [-0.05, 0) is 95.3 Å². The molecule has 1 aliphatic carbocycles. The number of nitrogens with zero attached hydrogens (tertiary/aromatic N) is 2. The summed E-state index contributed by atoms with van der Waals surface area (Å²) in [6, 6.07) is 66.9. The highest BCUT2D eigenvalue weighted by Gasteiger charge is 2.24. The molecule has 57 heavy (non-hydrogen) atoms. The maximum absolute atomic E-state index is 2.59. The van der Waals surface area contributed by atoms with Gasteiger partial charge in [0, 0.05) is 58.7 Å². The molecule has 0 saturated carbocycles. The fraction of sp³-hybridized carbons (Fsp3) is 0.0370. The summed E-state index contributed by atoms with van der Waals surface area (Å²) in [7, 11) is 0. The molecule has 0 spiro atoms. The number of para-hydroxylation sites is 2. The van der Waals surface area contributed by atoms with Crippen LogP contribution in [0, 0.1) is 0 Å². The van der Waals surface area contributed by atoms with Crippen LogP contribution < -0.4 is 0 Å². The lowest BCUT2D eigenvalue weighted by molar-refractivity contribution is 0.984. The van der Waals surface area contributed by atoms with Crippen molar-refractivity contribution in [3.8, 4) is 27.9 Å². The van der Waals surface area contributed by atoms with Crippen LogP contribution in [0.1, 0.15) is 18.4 Å². The third kappa shape index (κ3) is 5.02. The van der Waals surface area contributed by atoms with Crippen LogP contribution in [-0.4, -0.2) is 9.13 Å². The van der Waals surface area contributed by atoms with E-state index in [1.165, 1.54) is 109 Å². The van der Waals surface area contributed by atoms with Gasteiger partial charge in [-0.1, -0.05) is 140 Å². The zero-order valence-electron chi connectivity index (χ0n) is 31.2. The van der Waals surface area contributed by atoms with Crippen molar-refractivity contribution in [1.29, 1.82) is 0 Å². The van der Waals surface area contributed by atoms with Gasteiger partial charge in [0.1, 0.15) is 0 Å². The molecule has 0 aliphatic heterocycles. The molecule has 0 atom stereocenters. The maximum atomic E-state index is 2.59. The SMILES string of the molecule is C1=C(c2ccccc2)C=C(n2c3ccccc3c3cc(-c4ccc5c(c4)c4ccccc4n5-c4cccc(-c5ccccc5)c4)c4sc5ccccc5c4c32)CC1. The van der Waals surface area contributed by atoms with Gasteiger partial charge in [0.15, 0.2) is 0 Å². The smallest absolute Gasteiger partial charge is 0.0631 e. The topological polar surface area (TPSA) is 9.86 Å². The highest BCUT2D eigenvalue weighted by atomic mass is 32.1. The minimum absolute atomic E-state index is 0.990. The van der Waals surface area contributed by atoms with Crippen molar-refractivity contribution in [1.82, 2.24) is 9.13 Å². The molecule has 268 valence electrons. The highest BCUT2D eigenvalue weighted by Crippen LogP contribution is 2.49. The van der Waals surface area contributed by atoms with Gasteiger partial charge >= 0.3 is 0 Å². The van der Waals surface area contributed by atoms with Crippen LogP contribution in [0.25, 0.3) is 103 Å². The molecule has 1 aliphatic rings. The van der Waals surface area contributed by atoms with Crippen LogP contribution >= 0.6 is 11.3 Å². The van der Waals surface area contributed by atoms with Crippen LogP contribution in [0.15, 0.2) is 194 Å². The van der Waals surface area contributed by atoms with Crippen molar-refractivity contribution in [2.45, 2.75) is 12.8 Å². The average Bonchev–Trinajstić information content (AvgIpc) is 3.94. The Morgan fingerprint density at radius 1 is 0.439 bits per heavy atom. The first-order valence-electron chi connectivity index (χ1n) is 19.8. The molecule has 0 unspecified atom stereocenters.